The maximum absolute atomic E-state index is 12.2. The number of furan rings is 1. The van der Waals surface area contributed by atoms with E-state index in [4.69, 9.17) is 9.15 Å². The van der Waals surface area contributed by atoms with Crippen LogP contribution in [0, 0.1) is 13.8 Å². The van der Waals surface area contributed by atoms with Gasteiger partial charge < -0.3 is 14.1 Å². The van der Waals surface area contributed by atoms with E-state index in [1.165, 1.54) is 5.56 Å². The van der Waals surface area contributed by atoms with E-state index in [0.29, 0.717) is 13.0 Å². The molecule has 22 heavy (non-hydrogen) atoms. The van der Waals surface area contributed by atoms with Gasteiger partial charge in [-0.25, -0.2) is 0 Å². The molecular formula is C18H23NO3. The minimum absolute atomic E-state index is 0.0363. The molecule has 2 aromatic rings. The number of hydrogen-bond acceptors (Lipinski definition) is 3. The van der Waals surface area contributed by atoms with Crippen molar-refractivity contribution in [2.45, 2.75) is 33.2 Å². The van der Waals surface area contributed by atoms with Crippen molar-refractivity contribution in [1.29, 1.82) is 0 Å². The molecule has 1 unspecified atom stereocenters. The van der Waals surface area contributed by atoms with E-state index in [9.17, 15) is 4.79 Å². The summed E-state index contributed by atoms with van der Waals surface area (Å²) in [6, 6.07) is 9.57. The lowest BCUT2D eigenvalue weighted by Crippen LogP contribution is -2.30. The predicted molar refractivity (Wildman–Crippen MR) is 85.9 cm³/mol. The monoisotopic (exact) mass is 301 g/mol. The fourth-order valence-corrected chi connectivity index (χ4v) is 2.24. The molecule has 0 radical (unpaired) electrons. The summed E-state index contributed by atoms with van der Waals surface area (Å²) in [5.41, 5.74) is 2.31. The number of aryl methyl sites for hydroxylation is 1. The molecule has 0 aliphatic heterocycles. The number of amides is 1. The number of carbonyl (C=O) groups excluding carboxylic acids is 1. The van der Waals surface area contributed by atoms with Gasteiger partial charge in [0.1, 0.15) is 11.5 Å². The number of hydrogen-bond donors (Lipinski definition) is 0. The molecule has 0 spiro atoms. The Morgan fingerprint density at radius 3 is 2.73 bits per heavy atom. The zero-order valence-electron chi connectivity index (χ0n) is 13.6. The summed E-state index contributed by atoms with van der Waals surface area (Å²) in [6.07, 6.45) is 1.96. The summed E-state index contributed by atoms with van der Waals surface area (Å²) in [4.78, 5) is 13.9. The van der Waals surface area contributed by atoms with E-state index in [0.717, 1.165) is 17.1 Å². The van der Waals surface area contributed by atoms with Gasteiger partial charge >= 0.3 is 0 Å². The van der Waals surface area contributed by atoms with Crippen molar-refractivity contribution >= 4 is 5.91 Å². The molecule has 0 aliphatic rings. The zero-order chi connectivity index (χ0) is 16.1. The fraction of sp³-hybridized carbons (Fsp3) is 0.389. The molecule has 0 N–H and O–H groups in total. The van der Waals surface area contributed by atoms with Crippen LogP contribution in [0.4, 0.5) is 0 Å². The summed E-state index contributed by atoms with van der Waals surface area (Å²) in [5, 5.41) is 0. The number of carbonyl (C=O) groups is 1. The molecule has 0 saturated heterocycles. The van der Waals surface area contributed by atoms with Crippen LogP contribution < -0.4 is 4.74 Å². The van der Waals surface area contributed by atoms with Crippen LogP contribution in [0.5, 0.6) is 5.75 Å². The largest absolute Gasteiger partial charge is 0.493 e. The lowest BCUT2D eigenvalue weighted by atomic mass is 10.1. The van der Waals surface area contributed by atoms with Crippen LogP contribution in [0.1, 0.15) is 36.3 Å². The molecular weight excluding hydrogens is 278 g/mol. The van der Waals surface area contributed by atoms with Crippen molar-refractivity contribution in [2.75, 3.05) is 13.7 Å². The summed E-state index contributed by atoms with van der Waals surface area (Å²) in [7, 11) is 1.79. The van der Waals surface area contributed by atoms with E-state index in [1.807, 2.05) is 51.1 Å². The summed E-state index contributed by atoms with van der Waals surface area (Å²) < 4.78 is 11.1. The minimum Gasteiger partial charge on any atom is -0.493 e. The highest BCUT2D eigenvalue weighted by molar-refractivity contribution is 5.76. The van der Waals surface area contributed by atoms with E-state index >= 15 is 0 Å². The molecule has 0 fully saturated rings. The molecule has 1 heterocycles. The molecule has 1 aromatic carbocycles. The molecule has 1 aromatic heterocycles. The maximum Gasteiger partial charge on any atom is 0.226 e. The van der Waals surface area contributed by atoms with Gasteiger partial charge in [-0.3, -0.25) is 4.79 Å². The van der Waals surface area contributed by atoms with Crippen molar-refractivity contribution in [3.05, 3.63) is 53.5 Å². The molecule has 0 bridgehead atoms. The lowest BCUT2D eigenvalue weighted by molar-refractivity contribution is -0.132. The predicted octanol–water partition coefficient (Wildman–Crippen LogP) is 3.88. The highest BCUT2D eigenvalue weighted by Crippen LogP contribution is 2.22. The smallest absolute Gasteiger partial charge is 0.226 e. The molecule has 118 valence electrons. The Hall–Kier alpha value is -2.23. The quantitative estimate of drug-likeness (QED) is 0.813. The number of ether oxygens (including phenoxy) is 1. The fourth-order valence-electron chi connectivity index (χ4n) is 2.24. The van der Waals surface area contributed by atoms with Crippen molar-refractivity contribution in [3.8, 4) is 5.75 Å². The minimum atomic E-state index is -0.0804. The molecule has 0 saturated carbocycles. The van der Waals surface area contributed by atoms with E-state index in [-0.39, 0.29) is 11.9 Å². The molecule has 4 nitrogen and oxygen atoms in total. The standard InChI is InChI=1S/C18H23NO3/c1-13-7-5-8-16(14(13)2)22-12-10-18(20)19(4)15(3)17-9-6-11-21-17/h5-9,11,15H,10,12H2,1-4H3. The van der Waals surface area contributed by atoms with Gasteiger partial charge in [-0.2, -0.15) is 0 Å². The maximum atomic E-state index is 12.2. The first kappa shape index (κ1) is 16.1. The molecule has 0 aliphatic carbocycles. The lowest BCUT2D eigenvalue weighted by Gasteiger charge is -2.23. The van der Waals surface area contributed by atoms with E-state index in [1.54, 1.807) is 18.2 Å². The average molecular weight is 301 g/mol. The number of benzene rings is 1. The van der Waals surface area contributed by atoms with Gasteiger partial charge in [-0.15, -0.1) is 0 Å². The van der Waals surface area contributed by atoms with E-state index in [2.05, 4.69) is 0 Å². The van der Waals surface area contributed by atoms with Crippen molar-refractivity contribution in [3.63, 3.8) is 0 Å². The van der Waals surface area contributed by atoms with Gasteiger partial charge in [0, 0.05) is 7.05 Å². The Labute approximate surface area is 131 Å². The third-order valence-corrected chi connectivity index (χ3v) is 4.06. The Morgan fingerprint density at radius 2 is 2.05 bits per heavy atom. The average Bonchev–Trinajstić information content (AvgIpc) is 3.04. The summed E-state index contributed by atoms with van der Waals surface area (Å²) >= 11 is 0. The van der Waals surface area contributed by atoms with Gasteiger partial charge in [-0.05, 0) is 50.1 Å². The van der Waals surface area contributed by atoms with Crippen molar-refractivity contribution < 1.29 is 13.9 Å². The first-order valence-corrected chi connectivity index (χ1v) is 7.48. The van der Waals surface area contributed by atoms with Gasteiger partial charge in [0.25, 0.3) is 0 Å². The number of nitrogens with zero attached hydrogens (tertiary/aromatic N) is 1. The Bertz CT molecular complexity index is 619. The first-order chi connectivity index (χ1) is 10.5. The van der Waals surface area contributed by atoms with Crippen LogP contribution in [-0.2, 0) is 4.79 Å². The van der Waals surface area contributed by atoms with Gasteiger partial charge in [0.2, 0.25) is 5.91 Å². The van der Waals surface area contributed by atoms with Gasteiger partial charge in [0.05, 0.1) is 25.3 Å². The van der Waals surface area contributed by atoms with Gasteiger partial charge in [0.15, 0.2) is 0 Å². The topological polar surface area (TPSA) is 42.7 Å². The summed E-state index contributed by atoms with van der Waals surface area (Å²) in [5.74, 6) is 1.66. The molecule has 1 atom stereocenters. The third kappa shape index (κ3) is 3.70. The second kappa shape index (κ2) is 7.16. The Balaban J connectivity index is 1.86. The molecule has 4 heteroatoms. The third-order valence-electron chi connectivity index (χ3n) is 4.06. The first-order valence-electron chi connectivity index (χ1n) is 7.48. The van der Waals surface area contributed by atoms with Crippen LogP contribution in [0.3, 0.4) is 0 Å². The second-order valence-electron chi connectivity index (χ2n) is 5.49. The summed E-state index contributed by atoms with van der Waals surface area (Å²) in [6.45, 7) is 6.39. The van der Waals surface area contributed by atoms with Crippen molar-refractivity contribution in [2.24, 2.45) is 0 Å². The second-order valence-corrected chi connectivity index (χ2v) is 5.49. The van der Waals surface area contributed by atoms with Crippen LogP contribution in [0.15, 0.2) is 41.0 Å². The van der Waals surface area contributed by atoms with Crippen LogP contribution >= 0.6 is 0 Å². The normalized spacial score (nSPS) is 12.0. The Kier molecular flexibility index (Phi) is 5.26. The van der Waals surface area contributed by atoms with Crippen LogP contribution in [-0.4, -0.2) is 24.5 Å². The van der Waals surface area contributed by atoms with E-state index < -0.39 is 0 Å². The van der Waals surface area contributed by atoms with Crippen LogP contribution in [0.25, 0.3) is 0 Å². The SMILES string of the molecule is Cc1cccc(OCCC(=O)N(C)C(C)c2ccco2)c1C. The van der Waals surface area contributed by atoms with Crippen LogP contribution in [0.2, 0.25) is 0 Å². The highest BCUT2D eigenvalue weighted by atomic mass is 16.5. The molecule has 1 amide bonds. The number of rotatable bonds is 6. The Morgan fingerprint density at radius 1 is 1.27 bits per heavy atom. The zero-order valence-corrected chi connectivity index (χ0v) is 13.6. The van der Waals surface area contributed by atoms with Crippen molar-refractivity contribution in [1.82, 2.24) is 4.90 Å². The highest BCUT2D eigenvalue weighted by Gasteiger charge is 2.19. The molecule has 2 rings (SSSR count). The van der Waals surface area contributed by atoms with Gasteiger partial charge in [-0.1, -0.05) is 12.1 Å².